The molecular weight excluding hydrogens is 176 g/mol. The first-order valence-electron chi connectivity index (χ1n) is 5.40. The Bertz CT molecular complexity index is 176. The molecule has 14 heavy (non-hydrogen) atoms. The molecule has 1 saturated heterocycles. The van der Waals surface area contributed by atoms with Crippen molar-refractivity contribution in [2.75, 3.05) is 39.8 Å². The monoisotopic (exact) mass is 198 g/mol. The standard InChI is InChI=1S/C11H22N2O/c1-4-10(2)8-13(3)9-11-7-12-5-6-14-11/h11-12H,2,4-9H2,1,3H3. The molecule has 0 aromatic heterocycles. The molecule has 0 aliphatic carbocycles. The summed E-state index contributed by atoms with van der Waals surface area (Å²) in [4.78, 5) is 2.28. The molecule has 0 aromatic carbocycles. The smallest absolute Gasteiger partial charge is 0.0826 e. The summed E-state index contributed by atoms with van der Waals surface area (Å²) >= 11 is 0. The van der Waals surface area contributed by atoms with Crippen molar-refractivity contribution in [1.29, 1.82) is 0 Å². The van der Waals surface area contributed by atoms with Crippen LogP contribution in [-0.4, -0.2) is 50.8 Å². The zero-order chi connectivity index (χ0) is 10.4. The number of ether oxygens (including phenoxy) is 1. The molecule has 0 amide bonds. The average molecular weight is 198 g/mol. The summed E-state index contributed by atoms with van der Waals surface area (Å²) in [6.07, 6.45) is 1.41. The molecule has 1 fully saturated rings. The molecule has 1 rings (SSSR count). The van der Waals surface area contributed by atoms with Crippen molar-refractivity contribution in [3.05, 3.63) is 12.2 Å². The Kier molecular flexibility index (Phi) is 5.15. The summed E-state index contributed by atoms with van der Waals surface area (Å²) in [6.45, 7) is 10.9. The second kappa shape index (κ2) is 6.17. The molecule has 3 heteroatoms. The van der Waals surface area contributed by atoms with E-state index in [0.29, 0.717) is 6.10 Å². The molecule has 3 nitrogen and oxygen atoms in total. The van der Waals surface area contributed by atoms with Crippen molar-refractivity contribution < 1.29 is 4.74 Å². The van der Waals surface area contributed by atoms with Crippen LogP contribution in [0.3, 0.4) is 0 Å². The van der Waals surface area contributed by atoms with Crippen LogP contribution in [0.4, 0.5) is 0 Å². The van der Waals surface area contributed by atoms with Crippen LogP contribution in [0, 0.1) is 0 Å². The highest BCUT2D eigenvalue weighted by Gasteiger charge is 2.15. The minimum absolute atomic E-state index is 0.346. The van der Waals surface area contributed by atoms with E-state index in [1.54, 1.807) is 0 Å². The predicted octanol–water partition coefficient (Wildman–Crippen LogP) is 0.873. The molecule has 0 saturated carbocycles. The van der Waals surface area contributed by atoms with Crippen molar-refractivity contribution in [1.82, 2.24) is 10.2 Å². The minimum atomic E-state index is 0.346. The topological polar surface area (TPSA) is 24.5 Å². The van der Waals surface area contributed by atoms with Gasteiger partial charge in [-0.1, -0.05) is 19.1 Å². The summed E-state index contributed by atoms with van der Waals surface area (Å²) in [5.74, 6) is 0. The van der Waals surface area contributed by atoms with Gasteiger partial charge in [0.2, 0.25) is 0 Å². The predicted molar refractivity (Wildman–Crippen MR) is 59.5 cm³/mol. The van der Waals surface area contributed by atoms with Crippen molar-refractivity contribution >= 4 is 0 Å². The SMILES string of the molecule is C=C(CC)CN(C)CC1CNCCO1. The fourth-order valence-corrected chi connectivity index (χ4v) is 1.64. The lowest BCUT2D eigenvalue weighted by atomic mass is 10.2. The van der Waals surface area contributed by atoms with Crippen LogP contribution < -0.4 is 5.32 Å². The van der Waals surface area contributed by atoms with Gasteiger partial charge in [-0.25, -0.2) is 0 Å². The van der Waals surface area contributed by atoms with Gasteiger partial charge < -0.3 is 10.1 Å². The van der Waals surface area contributed by atoms with Crippen LogP contribution in [0.15, 0.2) is 12.2 Å². The molecule has 1 heterocycles. The molecule has 0 radical (unpaired) electrons. The van der Waals surface area contributed by atoms with Gasteiger partial charge in [-0.3, -0.25) is 4.90 Å². The summed E-state index contributed by atoms with van der Waals surface area (Å²) in [6, 6.07) is 0. The zero-order valence-corrected chi connectivity index (χ0v) is 9.38. The molecule has 1 unspecified atom stereocenters. The average Bonchev–Trinajstić information content (AvgIpc) is 2.19. The van der Waals surface area contributed by atoms with E-state index in [1.165, 1.54) is 5.57 Å². The van der Waals surface area contributed by atoms with Crippen LogP contribution in [0.1, 0.15) is 13.3 Å². The molecule has 0 aromatic rings. The first-order valence-corrected chi connectivity index (χ1v) is 5.40. The summed E-state index contributed by atoms with van der Waals surface area (Å²) in [5, 5.41) is 3.33. The van der Waals surface area contributed by atoms with Crippen molar-refractivity contribution in [3.63, 3.8) is 0 Å². The lowest BCUT2D eigenvalue weighted by Crippen LogP contribution is -2.44. The number of hydrogen-bond donors (Lipinski definition) is 1. The fourth-order valence-electron chi connectivity index (χ4n) is 1.64. The van der Waals surface area contributed by atoms with E-state index < -0.39 is 0 Å². The summed E-state index contributed by atoms with van der Waals surface area (Å²) in [7, 11) is 2.12. The molecular formula is C11H22N2O. The summed E-state index contributed by atoms with van der Waals surface area (Å²) in [5.41, 5.74) is 1.29. The van der Waals surface area contributed by atoms with Gasteiger partial charge in [-0.2, -0.15) is 0 Å². The Hall–Kier alpha value is -0.380. The normalized spacial score (nSPS) is 22.6. The quantitative estimate of drug-likeness (QED) is 0.664. The number of nitrogens with zero attached hydrogens (tertiary/aromatic N) is 1. The van der Waals surface area contributed by atoms with Gasteiger partial charge in [0.05, 0.1) is 12.7 Å². The minimum Gasteiger partial charge on any atom is -0.374 e. The van der Waals surface area contributed by atoms with Gasteiger partial charge in [0, 0.05) is 26.2 Å². The Morgan fingerprint density at radius 2 is 2.43 bits per heavy atom. The van der Waals surface area contributed by atoms with Crippen LogP contribution >= 0.6 is 0 Å². The molecule has 1 N–H and O–H groups in total. The Morgan fingerprint density at radius 1 is 1.64 bits per heavy atom. The van der Waals surface area contributed by atoms with Crippen molar-refractivity contribution in [2.24, 2.45) is 0 Å². The Balaban J connectivity index is 2.18. The number of morpholine rings is 1. The van der Waals surface area contributed by atoms with Crippen LogP contribution in [0.5, 0.6) is 0 Å². The zero-order valence-electron chi connectivity index (χ0n) is 9.38. The van der Waals surface area contributed by atoms with Gasteiger partial charge in [0.1, 0.15) is 0 Å². The highest BCUT2D eigenvalue weighted by atomic mass is 16.5. The van der Waals surface area contributed by atoms with E-state index in [9.17, 15) is 0 Å². The highest BCUT2D eigenvalue weighted by Crippen LogP contribution is 2.03. The third-order valence-electron chi connectivity index (χ3n) is 2.51. The summed E-state index contributed by atoms with van der Waals surface area (Å²) < 4.78 is 5.63. The number of hydrogen-bond acceptors (Lipinski definition) is 3. The maximum Gasteiger partial charge on any atom is 0.0826 e. The first kappa shape index (κ1) is 11.7. The lowest BCUT2D eigenvalue weighted by molar-refractivity contribution is 0.0114. The van der Waals surface area contributed by atoms with Crippen LogP contribution in [-0.2, 0) is 4.74 Å². The first-order chi connectivity index (χ1) is 6.72. The van der Waals surface area contributed by atoms with Crippen molar-refractivity contribution in [3.8, 4) is 0 Å². The lowest BCUT2D eigenvalue weighted by Gasteiger charge is -2.28. The maximum atomic E-state index is 5.63. The number of rotatable bonds is 5. The van der Waals surface area contributed by atoms with Gasteiger partial charge in [0.25, 0.3) is 0 Å². The van der Waals surface area contributed by atoms with E-state index in [1.807, 2.05) is 0 Å². The van der Waals surface area contributed by atoms with Crippen LogP contribution in [0.2, 0.25) is 0 Å². The second-order valence-electron chi connectivity index (χ2n) is 4.00. The second-order valence-corrected chi connectivity index (χ2v) is 4.00. The van der Waals surface area contributed by atoms with E-state index >= 15 is 0 Å². The molecule has 1 aliphatic rings. The van der Waals surface area contributed by atoms with E-state index in [-0.39, 0.29) is 0 Å². The number of nitrogens with one attached hydrogen (secondary N) is 1. The molecule has 0 bridgehead atoms. The van der Waals surface area contributed by atoms with Crippen molar-refractivity contribution in [2.45, 2.75) is 19.4 Å². The van der Waals surface area contributed by atoms with Gasteiger partial charge in [0.15, 0.2) is 0 Å². The van der Waals surface area contributed by atoms with Crippen LogP contribution in [0.25, 0.3) is 0 Å². The third-order valence-corrected chi connectivity index (χ3v) is 2.51. The number of likely N-dealkylation sites (N-methyl/N-ethyl adjacent to an activating group) is 1. The third kappa shape index (κ3) is 4.22. The maximum absolute atomic E-state index is 5.63. The fraction of sp³-hybridized carbons (Fsp3) is 0.818. The van der Waals surface area contributed by atoms with E-state index in [0.717, 1.165) is 39.2 Å². The molecule has 1 atom stereocenters. The molecule has 82 valence electrons. The highest BCUT2D eigenvalue weighted by molar-refractivity contribution is 4.95. The van der Waals surface area contributed by atoms with Gasteiger partial charge in [-0.05, 0) is 13.5 Å². The Labute approximate surface area is 87.1 Å². The van der Waals surface area contributed by atoms with E-state index in [4.69, 9.17) is 4.74 Å². The van der Waals surface area contributed by atoms with Gasteiger partial charge in [-0.15, -0.1) is 0 Å². The molecule has 0 spiro atoms. The van der Waals surface area contributed by atoms with Gasteiger partial charge >= 0.3 is 0 Å². The largest absolute Gasteiger partial charge is 0.374 e. The Morgan fingerprint density at radius 3 is 3.00 bits per heavy atom. The van der Waals surface area contributed by atoms with E-state index in [2.05, 4.69) is 30.8 Å². The molecule has 1 aliphatic heterocycles.